The minimum absolute atomic E-state index is 0.571. The smallest absolute Gasteiger partial charge is 0.143 e. The van der Waals surface area contributed by atoms with Crippen molar-refractivity contribution in [3.8, 4) is 23.0 Å². The highest BCUT2D eigenvalue weighted by Crippen LogP contribution is 2.30. The Morgan fingerprint density at radius 1 is 0.655 bits per heavy atom. The summed E-state index contributed by atoms with van der Waals surface area (Å²) in [5.41, 5.74) is 1.26. The summed E-state index contributed by atoms with van der Waals surface area (Å²) in [6.07, 6.45) is 3.18. The summed E-state index contributed by atoms with van der Waals surface area (Å²) in [5.74, 6) is 2.28. The summed E-state index contributed by atoms with van der Waals surface area (Å²) in [6.45, 7) is 0. The molecule has 0 heterocycles. The molecule has 0 aromatic heterocycles. The van der Waals surface area contributed by atoms with E-state index >= 15 is 0 Å². The van der Waals surface area contributed by atoms with E-state index in [-0.39, 0.29) is 0 Å². The third-order valence-corrected chi connectivity index (χ3v) is 5.89. The fourth-order valence-corrected chi connectivity index (χ4v) is 4.10. The van der Waals surface area contributed by atoms with Gasteiger partial charge in [0, 0.05) is 16.3 Å². The molecule has 0 fully saturated rings. The fraction of sp³-hybridized carbons (Fsp3) is 0.200. The Hall–Kier alpha value is -2.30. The second-order valence-electron chi connectivity index (χ2n) is 5.44. The summed E-state index contributed by atoms with van der Waals surface area (Å²) >= 11 is -3.40. The molecule has 1 N–H and O–H groups in total. The highest BCUT2D eigenvalue weighted by atomic mass is 32.3. The van der Waals surface area contributed by atoms with Crippen LogP contribution in [0.3, 0.4) is 0 Å². The normalized spacial score (nSPS) is 13.4. The molecule has 9 heteroatoms. The first-order chi connectivity index (χ1) is 14.0. The van der Waals surface area contributed by atoms with Crippen LogP contribution in [0.1, 0.15) is 11.1 Å². The van der Waals surface area contributed by atoms with Gasteiger partial charge in [-0.05, 0) is 24.3 Å². The molecular formula is C20H23NO6S2. The predicted octanol–water partition coefficient (Wildman–Crippen LogP) is 3.28. The van der Waals surface area contributed by atoms with Gasteiger partial charge in [-0.2, -0.15) is 0 Å². The number of nitrogens with one attached hydrogen (secondary N) is 1. The molecule has 156 valence electrons. The van der Waals surface area contributed by atoms with Crippen LogP contribution in [0.25, 0.3) is 12.2 Å². The first kappa shape index (κ1) is 23.0. The van der Waals surface area contributed by atoms with E-state index < -0.39 is 22.7 Å². The fourth-order valence-electron chi connectivity index (χ4n) is 2.48. The number of benzene rings is 2. The highest BCUT2D eigenvalue weighted by molar-refractivity contribution is 8.07. The molecule has 2 aromatic rings. The molecule has 0 aliphatic heterocycles. The second kappa shape index (κ2) is 11.6. The van der Waals surface area contributed by atoms with Gasteiger partial charge in [0.15, 0.2) is 0 Å². The van der Waals surface area contributed by atoms with Crippen molar-refractivity contribution in [3.63, 3.8) is 0 Å². The minimum Gasteiger partial charge on any atom is -0.590 e. The van der Waals surface area contributed by atoms with Crippen molar-refractivity contribution in [2.24, 2.45) is 0 Å². The maximum atomic E-state index is 12.2. The van der Waals surface area contributed by atoms with Gasteiger partial charge >= 0.3 is 0 Å². The molecule has 0 saturated heterocycles. The Morgan fingerprint density at radius 2 is 0.966 bits per heavy atom. The van der Waals surface area contributed by atoms with Crippen LogP contribution in [-0.2, 0) is 22.7 Å². The van der Waals surface area contributed by atoms with Gasteiger partial charge < -0.3 is 28.1 Å². The number of ether oxygens (including phenoxy) is 4. The lowest BCUT2D eigenvalue weighted by molar-refractivity contribution is 0.392. The van der Waals surface area contributed by atoms with Crippen molar-refractivity contribution in [2.45, 2.75) is 0 Å². The van der Waals surface area contributed by atoms with Crippen LogP contribution in [0.15, 0.2) is 47.2 Å². The van der Waals surface area contributed by atoms with Crippen LogP contribution < -0.4 is 23.1 Å². The van der Waals surface area contributed by atoms with Crippen LogP contribution >= 0.6 is 0 Å². The van der Waals surface area contributed by atoms with E-state index in [1.54, 1.807) is 48.6 Å². The summed E-state index contributed by atoms with van der Waals surface area (Å²) in [7, 11) is 6.14. The maximum absolute atomic E-state index is 12.2. The van der Waals surface area contributed by atoms with Gasteiger partial charge in [0.05, 0.1) is 39.6 Å². The topological polar surface area (TPSA) is 95.1 Å². The molecular weight excluding hydrogens is 414 g/mol. The van der Waals surface area contributed by atoms with Crippen LogP contribution in [0, 0.1) is 0 Å². The van der Waals surface area contributed by atoms with Gasteiger partial charge in [0.1, 0.15) is 56.5 Å². The Labute approximate surface area is 176 Å². The van der Waals surface area contributed by atoms with Crippen LogP contribution in [0.4, 0.5) is 0 Å². The van der Waals surface area contributed by atoms with E-state index in [9.17, 15) is 9.11 Å². The quantitative estimate of drug-likeness (QED) is 0.570. The molecule has 0 amide bonds. The molecule has 2 aromatic carbocycles. The van der Waals surface area contributed by atoms with E-state index in [1.165, 1.54) is 39.3 Å². The third-order valence-electron chi connectivity index (χ3n) is 3.81. The summed E-state index contributed by atoms with van der Waals surface area (Å²) < 4.78 is 48.1. The zero-order valence-corrected chi connectivity index (χ0v) is 18.2. The van der Waals surface area contributed by atoms with Crippen molar-refractivity contribution < 1.29 is 28.1 Å². The first-order valence-electron chi connectivity index (χ1n) is 8.39. The molecule has 0 spiro atoms. The molecule has 0 radical (unpaired) electrons. The Balaban J connectivity index is 2.08. The monoisotopic (exact) mass is 437 g/mol. The van der Waals surface area contributed by atoms with E-state index in [0.717, 1.165) is 0 Å². The van der Waals surface area contributed by atoms with Crippen molar-refractivity contribution in [2.75, 3.05) is 28.4 Å². The van der Waals surface area contributed by atoms with E-state index in [2.05, 4.69) is 4.13 Å². The summed E-state index contributed by atoms with van der Waals surface area (Å²) in [4.78, 5) is 0. The van der Waals surface area contributed by atoms with E-state index in [0.29, 0.717) is 34.1 Å². The Morgan fingerprint density at radius 3 is 1.24 bits per heavy atom. The molecule has 2 unspecified atom stereocenters. The van der Waals surface area contributed by atoms with Gasteiger partial charge in [-0.25, -0.2) is 0 Å². The average molecular weight is 438 g/mol. The molecule has 0 aliphatic carbocycles. The molecule has 0 bridgehead atoms. The lowest BCUT2D eigenvalue weighted by Gasteiger charge is -2.11. The molecule has 29 heavy (non-hydrogen) atoms. The molecule has 7 nitrogen and oxygen atoms in total. The van der Waals surface area contributed by atoms with Crippen LogP contribution in [-0.4, -0.2) is 37.5 Å². The standard InChI is InChI=1S/C20H23NO6S2/c1-24-17-7-5-8-18(25-2)15(17)11-13-28(22)21-29(23)14-12-16-19(26-3)9-6-10-20(16)27-4/h5-14,21H,1-4H3/b13-11-,14-12+. The second-order valence-corrected chi connectivity index (χ2v) is 7.84. The zero-order valence-electron chi connectivity index (χ0n) is 16.5. The maximum Gasteiger partial charge on any atom is 0.143 e. The minimum atomic E-state index is -1.70. The SMILES string of the molecule is COc1cccc(OC)c1/C=C\[S+]([O-])N[S+]([O-])/C=C/c1c(OC)cccc1OC. The summed E-state index contributed by atoms with van der Waals surface area (Å²) in [6, 6.07) is 10.6. The number of hydrogen-bond acceptors (Lipinski definition) is 7. The third kappa shape index (κ3) is 6.34. The summed E-state index contributed by atoms with van der Waals surface area (Å²) in [5, 5.41) is 2.74. The van der Waals surface area contributed by atoms with Crippen molar-refractivity contribution >= 4 is 34.9 Å². The zero-order chi connectivity index (χ0) is 21.2. The highest BCUT2D eigenvalue weighted by Gasteiger charge is 2.15. The Bertz CT molecular complexity index is 745. The largest absolute Gasteiger partial charge is 0.590 e. The van der Waals surface area contributed by atoms with E-state index in [4.69, 9.17) is 18.9 Å². The predicted molar refractivity (Wildman–Crippen MR) is 117 cm³/mol. The number of methoxy groups -OCH3 is 4. The van der Waals surface area contributed by atoms with Gasteiger partial charge in [-0.3, -0.25) is 0 Å². The molecule has 0 aliphatic rings. The van der Waals surface area contributed by atoms with Gasteiger partial charge in [-0.15, -0.1) is 0 Å². The first-order valence-corrected chi connectivity index (χ1v) is 10.8. The van der Waals surface area contributed by atoms with Crippen molar-refractivity contribution in [1.29, 1.82) is 0 Å². The number of rotatable bonds is 10. The van der Waals surface area contributed by atoms with Gasteiger partial charge in [0.25, 0.3) is 0 Å². The van der Waals surface area contributed by atoms with Crippen molar-refractivity contribution in [3.05, 3.63) is 58.3 Å². The molecule has 2 rings (SSSR count). The van der Waals surface area contributed by atoms with Gasteiger partial charge in [-0.1, -0.05) is 12.1 Å². The van der Waals surface area contributed by atoms with Crippen LogP contribution in [0.5, 0.6) is 23.0 Å². The molecule has 2 atom stereocenters. The van der Waals surface area contributed by atoms with Crippen LogP contribution in [0.2, 0.25) is 0 Å². The lowest BCUT2D eigenvalue weighted by Crippen LogP contribution is -2.27. The Kier molecular flexibility index (Phi) is 9.23. The van der Waals surface area contributed by atoms with Gasteiger partial charge in [0.2, 0.25) is 0 Å². The number of hydrogen-bond donors (Lipinski definition) is 1. The molecule has 0 saturated carbocycles. The lowest BCUT2D eigenvalue weighted by atomic mass is 10.2. The average Bonchev–Trinajstić information content (AvgIpc) is 2.75. The van der Waals surface area contributed by atoms with E-state index in [1.807, 2.05) is 0 Å². The van der Waals surface area contributed by atoms with Crippen molar-refractivity contribution in [1.82, 2.24) is 4.13 Å².